The molecule has 0 aliphatic heterocycles. The van der Waals surface area contributed by atoms with Crippen LogP contribution >= 0.6 is 34.5 Å². The fraction of sp³-hybridized carbons (Fsp3) is 0.125. The number of phenolic OH excluding ortho intramolecular Hbond substituents is 1. The molecule has 1 atom stereocenters. The lowest BCUT2D eigenvalue weighted by Crippen LogP contribution is -2.06. The van der Waals surface area contributed by atoms with Crippen LogP contribution in [0.3, 0.4) is 0 Å². The van der Waals surface area contributed by atoms with Crippen LogP contribution in [0.4, 0.5) is 5.69 Å². The number of benzene rings is 2. The molecule has 3 rings (SSSR count). The standard InChI is InChI=1S/C16H13Cl2NOS/c1-9(12-8-15(17)21-16(12)18)19-13-6-2-5-11-10(13)4-3-7-14(11)20/h2-9,19-20H,1H3. The fourth-order valence-electron chi connectivity index (χ4n) is 2.38. The molecule has 21 heavy (non-hydrogen) atoms. The third-order valence-electron chi connectivity index (χ3n) is 3.42. The van der Waals surface area contributed by atoms with E-state index in [0.717, 1.165) is 22.0 Å². The zero-order chi connectivity index (χ0) is 15.0. The van der Waals surface area contributed by atoms with Gasteiger partial charge in [0.2, 0.25) is 0 Å². The summed E-state index contributed by atoms with van der Waals surface area (Å²) < 4.78 is 1.38. The van der Waals surface area contributed by atoms with Gasteiger partial charge in [-0.25, -0.2) is 0 Å². The molecule has 1 unspecified atom stereocenters. The maximum atomic E-state index is 9.93. The first-order valence-electron chi connectivity index (χ1n) is 6.48. The Morgan fingerprint density at radius 3 is 2.52 bits per heavy atom. The van der Waals surface area contributed by atoms with E-state index in [1.807, 2.05) is 43.3 Å². The van der Waals surface area contributed by atoms with E-state index in [-0.39, 0.29) is 11.8 Å². The topological polar surface area (TPSA) is 32.3 Å². The normalized spacial score (nSPS) is 12.5. The van der Waals surface area contributed by atoms with Gasteiger partial charge in [0.25, 0.3) is 0 Å². The Hall–Kier alpha value is -1.42. The van der Waals surface area contributed by atoms with Gasteiger partial charge in [0.15, 0.2) is 0 Å². The van der Waals surface area contributed by atoms with Gasteiger partial charge < -0.3 is 10.4 Å². The number of aromatic hydroxyl groups is 1. The van der Waals surface area contributed by atoms with Crippen LogP contribution in [0.15, 0.2) is 42.5 Å². The van der Waals surface area contributed by atoms with Crippen molar-refractivity contribution in [3.8, 4) is 5.75 Å². The molecule has 1 aromatic heterocycles. The number of anilines is 1. The molecule has 0 aliphatic carbocycles. The molecule has 0 amide bonds. The molecule has 0 spiro atoms. The molecule has 2 nitrogen and oxygen atoms in total. The van der Waals surface area contributed by atoms with Gasteiger partial charge in [-0.3, -0.25) is 0 Å². The molecule has 2 N–H and O–H groups in total. The Morgan fingerprint density at radius 1 is 1.10 bits per heavy atom. The van der Waals surface area contributed by atoms with Crippen molar-refractivity contribution in [3.05, 3.63) is 56.7 Å². The molecule has 0 aliphatic rings. The van der Waals surface area contributed by atoms with E-state index in [4.69, 9.17) is 23.2 Å². The molecular weight excluding hydrogens is 325 g/mol. The Balaban J connectivity index is 1.98. The summed E-state index contributed by atoms with van der Waals surface area (Å²) in [6, 6.07) is 13.2. The molecule has 0 fully saturated rings. The van der Waals surface area contributed by atoms with Crippen LogP contribution in [-0.2, 0) is 0 Å². The van der Waals surface area contributed by atoms with Gasteiger partial charge in [-0.2, -0.15) is 0 Å². The van der Waals surface area contributed by atoms with Gasteiger partial charge >= 0.3 is 0 Å². The van der Waals surface area contributed by atoms with Crippen molar-refractivity contribution < 1.29 is 5.11 Å². The summed E-state index contributed by atoms with van der Waals surface area (Å²) in [6.45, 7) is 2.03. The second-order valence-corrected chi connectivity index (χ2v) is 7.11. The molecule has 1 heterocycles. The number of phenols is 1. The number of hydrogen-bond acceptors (Lipinski definition) is 3. The van der Waals surface area contributed by atoms with Crippen LogP contribution in [0.5, 0.6) is 5.75 Å². The van der Waals surface area contributed by atoms with Gasteiger partial charge in [0.05, 0.1) is 14.7 Å². The van der Waals surface area contributed by atoms with Crippen molar-refractivity contribution in [3.63, 3.8) is 0 Å². The van der Waals surface area contributed by atoms with Crippen LogP contribution in [0.25, 0.3) is 10.8 Å². The first-order valence-corrected chi connectivity index (χ1v) is 8.05. The molecule has 0 radical (unpaired) electrons. The Kier molecular flexibility index (Phi) is 3.98. The summed E-state index contributed by atoms with van der Waals surface area (Å²) in [7, 11) is 0. The number of thiophene rings is 1. The summed E-state index contributed by atoms with van der Waals surface area (Å²) in [4.78, 5) is 0. The van der Waals surface area contributed by atoms with Crippen LogP contribution in [0, 0.1) is 0 Å². The van der Waals surface area contributed by atoms with Crippen LogP contribution in [0.2, 0.25) is 8.67 Å². The maximum Gasteiger partial charge on any atom is 0.123 e. The third-order valence-corrected chi connectivity index (χ3v) is 4.94. The smallest absolute Gasteiger partial charge is 0.123 e. The van der Waals surface area contributed by atoms with Crippen LogP contribution in [-0.4, -0.2) is 5.11 Å². The number of rotatable bonds is 3. The van der Waals surface area contributed by atoms with Gasteiger partial charge in [0.1, 0.15) is 5.75 Å². The lowest BCUT2D eigenvalue weighted by atomic mass is 10.1. The van der Waals surface area contributed by atoms with E-state index < -0.39 is 0 Å². The van der Waals surface area contributed by atoms with E-state index in [0.29, 0.717) is 8.67 Å². The van der Waals surface area contributed by atoms with E-state index in [9.17, 15) is 5.11 Å². The zero-order valence-electron chi connectivity index (χ0n) is 11.2. The summed E-state index contributed by atoms with van der Waals surface area (Å²) in [5.74, 6) is 0.278. The van der Waals surface area contributed by atoms with Gasteiger partial charge in [-0.1, -0.05) is 47.5 Å². The van der Waals surface area contributed by atoms with Crippen LogP contribution < -0.4 is 5.32 Å². The van der Waals surface area contributed by atoms with Crippen LogP contribution in [0.1, 0.15) is 18.5 Å². The Bertz CT molecular complexity index is 800. The summed E-state index contributed by atoms with van der Waals surface area (Å²) >= 11 is 13.6. The molecule has 0 bridgehead atoms. The predicted octanol–water partition coefficient (Wildman–Crippen LogP) is 6.09. The minimum absolute atomic E-state index is 0.0224. The average Bonchev–Trinajstić information content (AvgIpc) is 2.79. The second-order valence-electron chi connectivity index (χ2n) is 4.82. The van der Waals surface area contributed by atoms with Crippen molar-refractivity contribution in [2.75, 3.05) is 5.32 Å². The van der Waals surface area contributed by atoms with Gasteiger partial charge in [-0.05, 0) is 25.1 Å². The number of fused-ring (bicyclic) bond motifs is 1. The molecular formula is C16H13Cl2NOS. The SMILES string of the molecule is CC(Nc1cccc2c(O)cccc12)c1cc(Cl)sc1Cl. The van der Waals surface area contributed by atoms with E-state index in [1.54, 1.807) is 6.07 Å². The Morgan fingerprint density at radius 2 is 1.81 bits per heavy atom. The number of hydrogen-bond donors (Lipinski definition) is 2. The molecule has 5 heteroatoms. The van der Waals surface area contributed by atoms with Crippen molar-refractivity contribution in [1.82, 2.24) is 0 Å². The summed E-state index contributed by atoms with van der Waals surface area (Å²) in [5.41, 5.74) is 1.93. The highest BCUT2D eigenvalue weighted by Gasteiger charge is 2.14. The van der Waals surface area contributed by atoms with E-state index >= 15 is 0 Å². The summed E-state index contributed by atoms with van der Waals surface area (Å²) in [6.07, 6.45) is 0. The van der Waals surface area contributed by atoms with Crippen molar-refractivity contribution in [2.45, 2.75) is 13.0 Å². The van der Waals surface area contributed by atoms with E-state index in [2.05, 4.69) is 5.32 Å². The fourth-order valence-corrected chi connectivity index (χ4v) is 4.02. The minimum atomic E-state index is 0.0224. The lowest BCUT2D eigenvalue weighted by Gasteiger charge is -2.17. The molecule has 2 aromatic carbocycles. The van der Waals surface area contributed by atoms with Crippen molar-refractivity contribution in [1.29, 1.82) is 0 Å². The minimum Gasteiger partial charge on any atom is -0.507 e. The highest BCUT2D eigenvalue weighted by Crippen LogP contribution is 2.37. The molecule has 108 valence electrons. The quantitative estimate of drug-likeness (QED) is 0.606. The van der Waals surface area contributed by atoms with Crippen molar-refractivity contribution in [2.24, 2.45) is 0 Å². The first kappa shape index (κ1) is 14.5. The van der Waals surface area contributed by atoms with Gasteiger partial charge in [-0.15, -0.1) is 11.3 Å². The third kappa shape index (κ3) is 2.82. The van der Waals surface area contributed by atoms with E-state index in [1.165, 1.54) is 11.3 Å². The number of halogens is 2. The molecule has 0 saturated carbocycles. The molecule has 3 aromatic rings. The maximum absolute atomic E-state index is 9.93. The zero-order valence-corrected chi connectivity index (χ0v) is 13.6. The Labute approximate surface area is 136 Å². The highest BCUT2D eigenvalue weighted by molar-refractivity contribution is 7.20. The average molecular weight is 338 g/mol. The first-order chi connectivity index (χ1) is 10.1. The lowest BCUT2D eigenvalue weighted by molar-refractivity contribution is 0.481. The largest absolute Gasteiger partial charge is 0.507 e. The van der Waals surface area contributed by atoms with Gasteiger partial charge in [0, 0.05) is 22.0 Å². The number of nitrogens with one attached hydrogen (secondary N) is 1. The summed E-state index contributed by atoms with van der Waals surface area (Å²) in [5, 5.41) is 15.2. The molecule has 0 saturated heterocycles. The van der Waals surface area contributed by atoms with Crippen molar-refractivity contribution >= 4 is 51.0 Å². The highest BCUT2D eigenvalue weighted by atomic mass is 35.5. The monoisotopic (exact) mass is 337 g/mol. The second kappa shape index (κ2) is 5.76. The predicted molar refractivity (Wildman–Crippen MR) is 92.0 cm³/mol.